The van der Waals surface area contributed by atoms with Crippen molar-refractivity contribution in [2.75, 3.05) is 6.54 Å². The second-order valence-corrected chi connectivity index (χ2v) is 7.70. The fraction of sp³-hybridized carbons (Fsp3) is 0.222. The summed E-state index contributed by atoms with van der Waals surface area (Å²) in [5.41, 5.74) is 0.902. The number of fused-ring (bicyclic) bond motifs is 1. The smallest absolute Gasteiger partial charge is 0.263 e. The molecular formula is C18H17F2N3O3S. The average molecular weight is 393 g/mol. The number of hydrogen-bond acceptors (Lipinski definition) is 4. The second kappa shape index (κ2) is 7.43. The van der Waals surface area contributed by atoms with E-state index >= 15 is 0 Å². The summed E-state index contributed by atoms with van der Waals surface area (Å²) in [4.78, 5) is 16.4. The van der Waals surface area contributed by atoms with Crippen LogP contribution >= 0.6 is 0 Å². The molecule has 1 heterocycles. The Kier molecular flexibility index (Phi) is 5.22. The minimum Gasteiger partial charge on any atom is -0.350 e. The summed E-state index contributed by atoms with van der Waals surface area (Å²) in [5, 5.41) is 2.67. The Labute approximate surface area is 155 Å². The molecule has 0 unspecified atom stereocenters. The van der Waals surface area contributed by atoms with Gasteiger partial charge in [-0.25, -0.2) is 17.2 Å². The summed E-state index contributed by atoms with van der Waals surface area (Å²) in [6.45, 7) is 1.72. The largest absolute Gasteiger partial charge is 0.350 e. The highest BCUT2D eigenvalue weighted by atomic mass is 32.2. The number of hydrogen-bond donors (Lipinski definition) is 2. The standard InChI is InChI=1S/C18H17F2N3O3S/c1-11(12-6-7-14(19)15(20)10-12)22-17(24)8-9-21-18-13-4-2-3-5-16(13)27(25,26)23-18/h2-7,10-11H,8-9H2,1H3,(H,21,23)(H,22,24)/t11-/m0/s1. The Hall–Kier alpha value is -2.81. The molecule has 1 atom stereocenters. The molecule has 0 fully saturated rings. The molecule has 6 nitrogen and oxygen atoms in total. The molecule has 0 aliphatic carbocycles. The van der Waals surface area contributed by atoms with E-state index in [0.29, 0.717) is 11.1 Å². The number of amides is 1. The number of carbonyl (C=O) groups is 1. The summed E-state index contributed by atoms with van der Waals surface area (Å²) in [6.07, 6.45) is 0.0153. The third-order valence-corrected chi connectivity index (χ3v) is 5.49. The number of nitrogens with zero attached hydrogens (tertiary/aromatic N) is 1. The van der Waals surface area contributed by atoms with E-state index in [0.717, 1.165) is 12.1 Å². The molecule has 0 bridgehead atoms. The van der Waals surface area contributed by atoms with E-state index in [1.165, 1.54) is 12.1 Å². The number of benzene rings is 2. The lowest BCUT2D eigenvalue weighted by Crippen LogP contribution is -2.27. The summed E-state index contributed by atoms with van der Waals surface area (Å²) in [5.74, 6) is -2.07. The minimum atomic E-state index is -3.62. The molecular weight excluding hydrogens is 376 g/mol. The van der Waals surface area contributed by atoms with Crippen LogP contribution in [-0.2, 0) is 14.8 Å². The first-order valence-corrected chi connectivity index (χ1v) is 9.67. The van der Waals surface area contributed by atoms with Gasteiger partial charge in [0.25, 0.3) is 10.0 Å². The predicted octanol–water partition coefficient (Wildman–Crippen LogP) is 2.27. The molecule has 1 amide bonds. The van der Waals surface area contributed by atoms with Gasteiger partial charge in [-0.05, 0) is 36.8 Å². The Morgan fingerprint density at radius 2 is 1.93 bits per heavy atom. The van der Waals surface area contributed by atoms with Gasteiger partial charge in [0.15, 0.2) is 11.6 Å². The third kappa shape index (κ3) is 4.13. The fourth-order valence-electron chi connectivity index (χ4n) is 2.70. The van der Waals surface area contributed by atoms with Crippen molar-refractivity contribution < 1.29 is 22.0 Å². The van der Waals surface area contributed by atoms with Gasteiger partial charge in [0.1, 0.15) is 5.84 Å². The van der Waals surface area contributed by atoms with Crippen molar-refractivity contribution in [2.24, 2.45) is 4.99 Å². The summed E-state index contributed by atoms with van der Waals surface area (Å²) >= 11 is 0. The van der Waals surface area contributed by atoms with Gasteiger partial charge in [-0.15, -0.1) is 0 Å². The predicted molar refractivity (Wildman–Crippen MR) is 95.7 cm³/mol. The van der Waals surface area contributed by atoms with Crippen LogP contribution in [0.25, 0.3) is 0 Å². The van der Waals surface area contributed by atoms with E-state index in [1.54, 1.807) is 25.1 Å². The van der Waals surface area contributed by atoms with Crippen LogP contribution in [0.15, 0.2) is 52.4 Å². The Morgan fingerprint density at radius 3 is 2.67 bits per heavy atom. The summed E-state index contributed by atoms with van der Waals surface area (Å²) < 4.78 is 52.6. The average Bonchev–Trinajstić information content (AvgIpc) is 2.88. The maximum Gasteiger partial charge on any atom is 0.263 e. The van der Waals surface area contributed by atoms with Gasteiger partial charge in [0.05, 0.1) is 17.5 Å². The van der Waals surface area contributed by atoms with Gasteiger partial charge in [0.2, 0.25) is 5.91 Å². The first-order valence-electron chi connectivity index (χ1n) is 8.19. The SMILES string of the molecule is C[C@H](NC(=O)CCN=C1NS(=O)(=O)c2ccccc21)c1ccc(F)c(F)c1. The van der Waals surface area contributed by atoms with Crippen LogP contribution in [0.3, 0.4) is 0 Å². The van der Waals surface area contributed by atoms with Gasteiger partial charge in [-0.3, -0.25) is 14.5 Å². The maximum absolute atomic E-state index is 13.3. The summed E-state index contributed by atoms with van der Waals surface area (Å²) in [7, 11) is -3.62. The van der Waals surface area contributed by atoms with Gasteiger partial charge >= 0.3 is 0 Å². The number of nitrogens with one attached hydrogen (secondary N) is 2. The molecule has 1 aliphatic heterocycles. The highest BCUT2D eigenvalue weighted by Gasteiger charge is 2.29. The molecule has 9 heteroatoms. The zero-order valence-electron chi connectivity index (χ0n) is 14.4. The normalized spacial score (nSPS) is 17.2. The lowest BCUT2D eigenvalue weighted by atomic mass is 10.1. The molecule has 3 rings (SSSR count). The van der Waals surface area contributed by atoms with Crippen LogP contribution in [0.1, 0.15) is 30.5 Å². The maximum atomic E-state index is 13.3. The van der Waals surface area contributed by atoms with Gasteiger partial charge in [0, 0.05) is 12.0 Å². The van der Waals surface area contributed by atoms with Crippen LogP contribution < -0.4 is 10.0 Å². The third-order valence-electron chi connectivity index (χ3n) is 4.09. The molecule has 2 aromatic rings. The minimum absolute atomic E-state index is 0.0153. The molecule has 0 aromatic heterocycles. The van der Waals surface area contributed by atoms with Crippen molar-refractivity contribution in [3.63, 3.8) is 0 Å². The van der Waals surface area contributed by atoms with Crippen molar-refractivity contribution in [1.82, 2.24) is 10.0 Å². The first kappa shape index (κ1) is 19.0. The van der Waals surface area contributed by atoms with Crippen molar-refractivity contribution in [2.45, 2.75) is 24.3 Å². The van der Waals surface area contributed by atoms with Crippen LogP contribution in [0.5, 0.6) is 0 Å². The zero-order chi connectivity index (χ0) is 19.6. The fourth-order valence-corrected chi connectivity index (χ4v) is 3.95. The molecule has 27 heavy (non-hydrogen) atoms. The van der Waals surface area contributed by atoms with Crippen LogP contribution in [0.4, 0.5) is 8.78 Å². The number of sulfonamides is 1. The highest BCUT2D eigenvalue weighted by molar-refractivity contribution is 7.90. The van der Waals surface area contributed by atoms with Crippen molar-refractivity contribution in [3.8, 4) is 0 Å². The molecule has 1 aliphatic rings. The van der Waals surface area contributed by atoms with E-state index in [4.69, 9.17) is 0 Å². The number of aliphatic imine (C=N–C) groups is 1. The second-order valence-electron chi connectivity index (χ2n) is 6.04. The zero-order valence-corrected chi connectivity index (χ0v) is 15.2. The van der Waals surface area contributed by atoms with Crippen LogP contribution in [0.2, 0.25) is 0 Å². The first-order chi connectivity index (χ1) is 12.8. The monoisotopic (exact) mass is 393 g/mol. The van der Waals surface area contributed by atoms with Crippen LogP contribution in [0, 0.1) is 11.6 Å². The number of carbonyl (C=O) groups excluding carboxylic acids is 1. The van der Waals surface area contributed by atoms with Crippen LogP contribution in [-0.4, -0.2) is 26.7 Å². The van der Waals surface area contributed by atoms with E-state index in [9.17, 15) is 22.0 Å². The summed E-state index contributed by atoms with van der Waals surface area (Å²) in [6, 6.07) is 9.36. The lowest BCUT2D eigenvalue weighted by Gasteiger charge is -2.14. The Bertz CT molecular complexity index is 1020. The molecule has 0 saturated heterocycles. The quantitative estimate of drug-likeness (QED) is 0.817. The molecule has 0 radical (unpaired) electrons. The number of halogens is 2. The number of amidine groups is 1. The number of rotatable bonds is 5. The molecule has 0 spiro atoms. The van der Waals surface area contributed by atoms with Gasteiger partial charge < -0.3 is 5.32 Å². The van der Waals surface area contributed by atoms with E-state index < -0.39 is 27.7 Å². The Balaban J connectivity index is 1.60. The van der Waals surface area contributed by atoms with Crippen molar-refractivity contribution in [1.29, 1.82) is 0 Å². The van der Waals surface area contributed by atoms with Gasteiger partial charge in [-0.2, -0.15) is 0 Å². The van der Waals surface area contributed by atoms with E-state index in [1.807, 2.05) is 0 Å². The van der Waals surface area contributed by atoms with E-state index in [-0.39, 0.29) is 29.6 Å². The Morgan fingerprint density at radius 1 is 1.19 bits per heavy atom. The van der Waals surface area contributed by atoms with Gasteiger partial charge in [-0.1, -0.05) is 18.2 Å². The van der Waals surface area contributed by atoms with E-state index in [2.05, 4.69) is 15.0 Å². The van der Waals surface area contributed by atoms with Crippen molar-refractivity contribution >= 4 is 21.8 Å². The molecule has 2 aromatic carbocycles. The topological polar surface area (TPSA) is 87.6 Å². The molecule has 142 valence electrons. The molecule has 2 N–H and O–H groups in total. The lowest BCUT2D eigenvalue weighted by molar-refractivity contribution is -0.121. The highest BCUT2D eigenvalue weighted by Crippen LogP contribution is 2.22. The molecule has 0 saturated carbocycles. The van der Waals surface area contributed by atoms with Crippen molar-refractivity contribution in [3.05, 3.63) is 65.2 Å².